The summed E-state index contributed by atoms with van der Waals surface area (Å²) in [7, 11) is 0. The van der Waals surface area contributed by atoms with Crippen molar-refractivity contribution in [3.63, 3.8) is 0 Å². The van der Waals surface area contributed by atoms with Gasteiger partial charge in [-0.1, -0.05) is 13.8 Å². The van der Waals surface area contributed by atoms with Gasteiger partial charge in [0.2, 0.25) is 0 Å². The molecule has 4 nitrogen and oxygen atoms in total. The van der Waals surface area contributed by atoms with Gasteiger partial charge >= 0.3 is 5.97 Å². The van der Waals surface area contributed by atoms with E-state index in [9.17, 15) is 9.59 Å². The van der Waals surface area contributed by atoms with Crippen LogP contribution < -0.4 is 0 Å². The number of aromatic carboxylic acids is 1. The molecule has 0 saturated carbocycles. The minimum atomic E-state index is -1.01. The number of carbonyl (C=O) groups is 2. The molecule has 0 radical (unpaired) electrons. The van der Waals surface area contributed by atoms with E-state index in [1.807, 2.05) is 13.8 Å². The largest absolute Gasteiger partial charge is 0.478 e. The number of H-pyrrole nitrogens is 1. The Balaban J connectivity index is 3.29. The summed E-state index contributed by atoms with van der Waals surface area (Å²) in [5, 5.41) is 8.79. The molecule has 0 aliphatic rings. The van der Waals surface area contributed by atoms with Crippen molar-refractivity contribution in [1.82, 2.24) is 4.98 Å². The monoisotopic (exact) mass is 181 g/mol. The maximum Gasteiger partial charge on any atom is 0.337 e. The van der Waals surface area contributed by atoms with Gasteiger partial charge in [0.25, 0.3) is 0 Å². The molecule has 0 atom stereocenters. The molecule has 70 valence electrons. The van der Waals surface area contributed by atoms with E-state index in [4.69, 9.17) is 5.11 Å². The van der Waals surface area contributed by atoms with Gasteiger partial charge in [0.15, 0.2) is 6.29 Å². The van der Waals surface area contributed by atoms with E-state index in [-0.39, 0.29) is 11.5 Å². The van der Waals surface area contributed by atoms with E-state index < -0.39 is 5.97 Å². The van der Waals surface area contributed by atoms with Crippen LogP contribution in [-0.2, 0) is 0 Å². The zero-order chi connectivity index (χ0) is 10.0. The molecule has 4 heteroatoms. The van der Waals surface area contributed by atoms with E-state index in [0.717, 1.165) is 0 Å². The van der Waals surface area contributed by atoms with Crippen LogP contribution in [0.4, 0.5) is 0 Å². The molecule has 0 spiro atoms. The summed E-state index contributed by atoms with van der Waals surface area (Å²) in [5.74, 6) is -0.981. The highest BCUT2D eigenvalue weighted by molar-refractivity contribution is 5.92. The van der Waals surface area contributed by atoms with E-state index in [1.54, 1.807) is 0 Å². The molecule has 0 aliphatic heterocycles. The molecule has 1 aromatic heterocycles. The molecule has 0 amide bonds. The van der Waals surface area contributed by atoms with Crippen LogP contribution in [0.2, 0.25) is 0 Å². The lowest BCUT2D eigenvalue weighted by atomic mass is 9.99. The number of rotatable bonds is 3. The Bertz CT molecular complexity index is 339. The maximum atomic E-state index is 10.7. The fraction of sp³-hybridized carbons (Fsp3) is 0.333. The summed E-state index contributed by atoms with van der Waals surface area (Å²) in [4.78, 5) is 23.9. The van der Waals surface area contributed by atoms with Gasteiger partial charge in [-0.15, -0.1) is 0 Å². The Morgan fingerprint density at radius 1 is 1.62 bits per heavy atom. The van der Waals surface area contributed by atoms with Crippen LogP contribution in [0.25, 0.3) is 0 Å². The van der Waals surface area contributed by atoms with Crippen LogP contribution in [0, 0.1) is 0 Å². The van der Waals surface area contributed by atoms with Gasteiger partial charge < -0.3 is 10.1 Å². The lowest BCUT2D eigenvalue weighted by Crippen LogP contribution is -2.02. The summed E-state index contributed by atoms with van der Waals surface area (Å²) in [6.45, 7) is 3.70. The molecule has 2 N–H and O–H groups in total. The highest BCUT2D eigenvalue weighted by Crippen LogP contribution is 2.22. The maximum absolute atomic E-state index is 10.7. The van der Waals surface area contributed by atoms with Crippen LogP contribution in [0.5, 0.6) is 0 Å². The molecular formula is C9H11NO3. The lowest BCUT2D eigenvalue weighted by Gasteiger charge is -2.04. The molecule has 0 bridgehead atoms. The first-order valence-corrected chi connectivity index (χ1v) is 3.97. The zero-order valence-electron chi connectivity index (χ0n) is 7.50. The van der Waals surface area contributed by atoms with Gasteiger partial charge in [0.1, 0.15) is 0 Å². The van der Waals surface area contributed by atoms with Crippen LogP contribution in [0.15, 0.2) is 6.20 Å². The Labute approximate surface area is 75.6 Å². The number of aromatic nitrogens is 1. The molecule has 0 saturated heterocycles. The van der Waals surface area contributed by atoms with Gasteiger partial charge in [0, 0.05) is 6.20 Å². The first-order valence-electron chi connectivity index (χ1n) is 3.97. The second-order valence-corrected chi connectivity index (χ2v) is 3.11. The van der Waals surface area contributed by atoms with Crippen molar-refractivity contribution in [3.8, 4) is 0 Å². The molecule has 0 aromatic carbocycles. The molecule has 0 fully saturated rings. The molecule has 1 rings (SSSR count). The second-order valence-electron chi connectivity index (χ2n) is 3.11. The van der Waals surface area contributed by atoms with Crippen molar-refractivity contribution in [3.05, 3.63) is 23.0 Å². The second kappa shape index (κ2) is 3.43. The molecule has 1 aromatic rings. The number of hydrogen-bond donors (Lipinski definition) is 2. The first kappa shape index (κ1) is 9.51. The van der Waals surface area contributed by atoms with Crippen molar-refractivity contribution < 1.29 is 14.7 Å². The van der Waals surface area contributed by atoms with Gasteiger partial charge in [-0.2, -0.15) is 0 Å². The summed E-state index contributed by atoms with van der Waals surface area (Å²) < 4.78 is 0. The fourth-order valence-corrected chi connectivity index (χ4v) is 1.35. The Hall–Kier alpha value is -1.58. The summed E-state index contributed by atoms with van der Waals surface area (Å²) >= 11 is 0. The van der Waals surface area contributed by atoms with Crippen LogP contribution in [-0.4, -0.2) is 22.3 Å². The quantitative estimate of drug-likeness (QED) is 0.696. The molecule has 13 heavy (non-hydrogen) atoms. The minimum Gasteiger partial charge on any atom is -0.478 e. The zero-order valence-corrected chi connectivity index (χ0v) is 7.50. The van der Waals surface area contributed by atoms with E-state index >= 15 is 0 Å². The third-order valence-electron chi connectivity index (χ3n) is 1.88. The van der Waals surface area contributed by atoms with E-state index in [0.29, 0.717) is 17.5 Å². The Kier molecular flexibility index (Phi) is 2.51. The molecule has 0 unspecified atom stereocenters. The summed E-state index contributed by atoms with van der Waals surface area (Å²) in [6, 6.07) is 0. The number of hydrogen-bond acceptors (Lipinski definition) is 2. The number of aromatic amines is 1. The molecular weight excluding hydrogens is 170 g/mol. The predicted molar refractivity (Wildman–Crippen MR) is 47.2 cm³/mol. The van der Waals surface area contributed by atoms with Crippen molar-refractivity contribution in [2.75, 3.05) is 0 Å². The number of nitrogens with one attached hydrogen (secondary N) is 1. The van der Waals surface area contributed by atoms with Gasteiger partial charge in [-0.25, -0.2) is 4.79 Å². The van der Waals surface area contributed by atoms with E-state index in [2.05, 4.69) is 4.98 Å². The third kappa shape index (κ3) is 1.61. The van der Waals surface area contributed by atoms with Gasteiger partial charge in [0.05, 0.1) is 11.3 Å². The Morgan fingerprint density at radius 3 is 2.62 bits per heavy atom. The topological polar surface area (TPSA) is 70.2 Å². The smallest absolute Gasteiger partial charge is 0.337 e. The van der Waals surface area contributed by atoms with Crippen molar-refractivity contribution >= 4 is 12.3 Å². The minimum absolute atomic E-state index is 0.0255. The van der Waals surface area contributed by atoms with Crippen LogP contribution in [0.3, 0.4) is 0 Å². The third-order valence-corrected chi connectivity index (χ3v) is 1.88. The number of carboxylic acid groups (broad SMARTS) is 1. The van der Waals surface area contributed by atoms with Gasteiger partial charge in [-0.05, 0) is 11.5 Å². The van der Waals surface area contributed by atoms with Crippen molar-refractivity contribution in [1.29, 1.82) is 0 Å². The number of carbonyl (C=O) groups excluding carboxylic acids is 1. The summed E-state index contributed by atoms with van der Waals surface area (Å²) in [6.07, 6.45) is 1.99. The van der Waals surface area contributed by atoms with Crippen LogP contribution in [0.1, 0.15) is 46.2 Å². The van der Waals surface area contributed by atoms with E-state index in [1.165, 1.54) is 6.20 Å². The fourth-order valence-electron chi connectivity index (χ4n) is 1.35. The lowest BCUT2D eigenvalue weighted by molar-refractivity contribution is 0.0695. The summed E-state index contributed by atoms with van der Waals surface area (Å²) in [5.41, 5.74) is 1.10. The predicted octanol–water partition coefficient (Wildman–Crippen LogP) is 1.65. The van der Waals surface area contributed by atoms with Crippen molar-refractivity contribution in [2.24, 2.45) is 0 Å². The normalized spacial score (nSPS) is 10.4. The number of carboxylic acids is 1. The molecule has 1 heterocycles. The molecule has 0 aliphatic carbocycles. The van der Waals surface area contributed by atoms with Gasteiger partial charge in [-0.3, -0.25) is 4.79 Å². The Morgan fingerprint density at radius 2 is 2.23 bits per heavy atom. The van der Waals surface area contributed by atoms with Crippen LogP contribution >= 0.6 is 0 Å². The van der Waals surface area contributed by atoms with Crippen molar-refractivity contribution in [2.45, 2.75) is 19.8 Å². The SMILES string of the molecule is CC(C)c1c(C(=O)O)c[nH]c1C=O. The average Bonchev–Trinajstić information content (AvgIpc) is 2.46. The standard InChI is InChI=1S/C9H11NO3/c1-5(2)8-6(9(12)13)3-10-7(8)4-11/h3-5,10H,1-2H3,(H,12,13). The highest BCUT2D eigenvalue weighted by Gasteiger charge is 2.18. The number of aldehydes is 1. The highest BCUT2D eigenvalue weighted by atomic mass is 16.4. The first-order chi connectivity index (χ1) is 6.07. The average molecular weight is 181 g/mol.